The number of nitrogens with zero attached hydrogens (tertiary/aromatic N) is 5. The Labute approximate surface area is 136 Å². The van der Waals surface area contributed by atoms with Gasteiger partial charge in [0.1, 0.15) is 12.2 Å². The van der Waals surface area contributed by atoms with E-state index < -0.39 is 30.7 Å². The Morgan fingerprint density at radius 1 is 1.48 bits per heavy atom. The number of anilines is 1. The summed E-state index contributed by atoms with van der Waals surface area (Å²) in [6, 6.07) is 0. The minimum Gasteiger partial charge on any atom is -0.394 e. The highest BCUT2D eigenvalue weighted by Crippen LogP contribution is 2.42. The van der Waals surface area contributed by atoms with Gasteiger partial charge in [-0.2, -0.15) is 9.97 Å². The van der Waals surface area contributed by atoms with Crippen LogP contribution in [0.1, 0.15) is 13.2 Å². The van der Waals surface area contributed by atoms with Gasteiger partial charge in [0, 0.05) is 14.1 Å². The third-order valence-corrected chi connectivity index (χ3v) is 4.12. The van der Waals surface area contributed by atoms with Crippen molar-refractivity contribution in [2.75, 3.05) is 25.6 Å². The monoisotopic (exact) mass is 345 g/mol. The van der Waals surface area contributed by atoms with Crippen molar-refractivity contribution in [3.63, 3.8) is 0 Å². The van der Waals surface area contributed by atoms with Crippen LogP contribution in [0.5, 0.6) is 0 Å². The Bertz CT molecular complexity index is 738. The predicted molar refractivity (Wildman–Crippen MR) is 81.2 cm³/mol. The van der Waals surface area contributed by atoms with Crippen LogP contribution in [0.3, 0.4) is 0 Å². The topological polar surface area (TPSA) is 96.5 Å². The average molecular weight is 346 g/mol. The molecule has 1 fully saturated rings. The third kappa shape index (κ3) is 2.44. The summed E-state index contributed by atoms with van der Waals surface area (Å²) >= 11 is 5.95. The van der Waals surface area contributed by atoms with E-state index >= 15 is 0 Å². The normalized spacial score (nSPS) is 31.0. The number of alkyl halides is 1. The van der Waals surface area contributed by atoms with Gasteiger partial charge in [0.15, 0.2) is 28.9 Å². The molecular formula is C13H17ClFN5O3. The first-order valence-corrected chi connectivity index (χ1v) is 7.35. The third-order valence-electron chi connectivity index (χ3n) is 3.95. The van der Waals surface area contributed by atoms with Crippen LogP contribution in [-0.4, -0.2) is 68.3 Å². The maximum atomic E-state index is 14.9. The minimum absolute atomic E-state index is 0.0132. The molecule has 0 aliphatic carbocycles. The molecule has 0 bridgehead atoms. The molecule has 0 unspecified atom stereocenters. The van der Waals surface area contributed by atoms with Gasteiger partial charge in [0.2, 0.25) is 5.28 Å². The molecule has 3 heterocycles. The number of ether oxygens (including phenoxy) is 1. The van der Waals surface area contributed by atoms with Gasteiger partial charge in [-0.05, 0) is 18.5 Å². The molecule has 0 radical (unpaired) electrons. The molecule has 4 atom stereocenters. The number of aliphatic hydroxyl groups is 2. The highest BCUT2D eigenvalue weighted by Gasteiger charge is 2.55. The molecule has 1 saturated heterocycles. The Morgan fingerprint density at radius 2 is 2.17 bits per heavy atom. The van der Waals surface area contributed by atoms with Crippen LogP contribution in [0.25, 0.3) is 11.2 Å². The van der Waals surface area contributed by atoms with Crippen molar-refractivity contribution < 1.29 is 19.3 Å². The number of hydrogen-bond donors (Lipinski definition) is 2. The molecule has 126 valence electrons. The van der Waals surface area contributed by atoms with Gasteiger partial charge < -0.3 is 19.8 Å². The molecule has 2 aromatic rings. The standard InChI is InChI=1S/C13H17ClFN5O3/c1-13(15)8(22)6(4-21)23-11(13)20-5-16-7-9(19(2)3)17-12(14)18-10(7)20/h5-6,8,11,21-22H,4H2,1-3H3/t6-,8-,11-,13-/m1/s1. The zero-order valence-corrected chi connectivity index (χ0v) is 13.6. The number of imidazole rings is 1. The number of aromatic nitrogens is 4. The van der Waals surface area contributed by atoms with Crippen molar-refractivity contribution in [3.8, 4) is 0 Å². The van der Waals surface area contributed by atoms with E-state index in [1.807, 2.05) is 0 Å². The first-order valence-electron chi connectivity index (χ1n) is 6.98. The van der Waals surface area contributed by atoms with Gasteiger partial charge in [-0.15, -0.1) is 0 Å². The lowest BCUT2D eigenvalue weighted by Gasteiger charge is -2.24. The molecule has 2 aromatic heterocycles. The number of fused-ring (bicyclic) bond motifs is 1. The largest absolute Gasteiger partial charge is 0.394 e. The second kappa shape index (κ2) is 5.52. The molecule has 1 aliphatic heterocycles. The van der Waals surface area contributed by atoms with E-state index in [4.69, 9.17) is 16.3 Å². The van der Waals surface area contributed by atoms with Crippen LogP contribution in [-0.2, 0) is 4.74 Å². The summed E-state index contributed by atoms with van der Waals surface area (Å²) in [6.07, 6.45) is -2.34. The molecule has 8 nitrogen and oxygen atoms in total. The molecule has 1 aliphatic rings. The van der Waals surface area contributed by atoms with Gasteiger partial charge in [-0.1, -0.05) is 0 Å². The highest BCUT2D eigenvalue weighted by atomic mass is 35.5. The lowest BCUT2D eigenvalue weighted by molar-refractivity contribution is -0.0566. The van der Waals surface area contributed by atoms with Crippen LogP contribution >= 0.6 is 11.6 Å². The molecule has 3 rings (SSSR count). The van der Waals surface area contributed by atoms with Gasteiger partial charge in [-0.3, -0.25) is 4.57 Å². The maximum Gasteiger partial charge on any atom is 0.226 e. The lowest BCUT2D eigenvalue weighted by atomic mass is 9.98. The Morgan fingerprint density at radius 3 is 2.74 bits per heavy atom. The summed E-state index contributed by atoms with van der Waals surface area (Å²) in [5.74, 6) is 0.483. The summed E-state index contributed by atoms with van der Waals surface area (Å²) in [5, 5.41) is 19.2. The van der Waals surface area contributed by atoms with E-state index in [2.05, 4.69) is 15.0 Å². The molecule has 2 N–H and O–H groups in total. The maximum absolute atomic E-state index is 14.9. The van der Waals surface area contributed by atoms with E-state index in [9.17, 15) is 14.6 Å². The number of rotatable bonds is 3. The summed E-state index contributed by atoms with van der Waals surface area (Å²) in [5.41, 5.74) is -1.41. The van der Waals surface area contributed by atoms with Crippen LogP contribution in [0, 0.1) is 0 Å². The lowest BCUT2D eigenvalue weighted by Crippen LogP contribution is -2.40. The quantitative estimate of drug-likeness (QED) is 0.783. The fourth-order valence-electron chi connectivity index (χ4n) is 2.72. The molecule has 10 heteroatoms. The minimum atomic E-state index is -2.13. The number of hydrogen-bond acceptors (Lipinski definition) is 7. The van der Waals surface area contributed by atoms with E-state index in [1.54, 1.807) is 19.0 Å². The summed E-state index contributed by atoms with van der Waals surface area (Å²) in [4.78, 5) is 14.1. The van der Waals surface area contributed by atoms with E-state index in [0.29, 0.717) is 11.3 Å². The van der Waals surface area contributed by atoms with Crippen LogP contribution in [0.4, 0.5) is 10.2 Å². The summed E-state index contributed by atoms with van der Waals surface area (Å²) in [6.45, 7) is 0.710. The molecule has 0 saturated carbocycles. The second-order valence-corrected chi connectivity index (χ2v) is 6.18. The highest BCUT2D eigenvalue weighted by molar-refractivity contribution is 6.28. The predicted octanol–water partition coefficient (Wildman–Crippen LogP) is 0.524. The van der Waals surface area contributed by atoms with E-state index in [0.717, 1.165) is 0 Å². The molecule has 23 heavy (non-hydrogen) atoms. The zero-order chi connectivity index (χ0) is 16.9. The first kappa shape index (κ1) is 16.3. The summed E-state index contributed by atoms with van der Waals surface area (Å²) in [7, 11) is 3.54. The van der Waals surface area contributed by atoms with Crippen LogP contribution in [0.2, 0.25) is 5.28 Å². The number of aliphatic hydroxyl groups excluding tert-OH is 2. The summed E-state index contributed by atoms with van der Waals surface area (Å²) < 4.78 is 21.8. The smallest absolute Gasteiger partial charge is 0.226 e. The molecule has 0 aromatic carbocycles. The van der Waals surface area contributed by atoms with Gasteiger partial charge in [-0.25, -0.2) is 9.37 Å². The number of halogens is 2. The van der Waals surface area contributed by atoms with Crippen molar-refractivity contribution >= 4 is 28.6 Å². The van der Waals surface area contributed by atoms with Gasteiger partial charge >= 0.3 is 0 Å². The van der Waals surface area contributed by atoms with Crippen molar-refractivity contribution in [1.82, 2.24) is 19.5 Å². The average Bonchev–Trinajstić information content (AvgIpc) is 2.98. The first-order chi connectivity index (χ1) is 10.8. The van der Waals surface area contributed by atoms with Crippen molar-refractivity contribution in [1.29, 1.82) is 0 Å². The molecular weight excluding hydrogens is 329 g/mol. The van der Waals surface area contributed by atoms with Crippen molar-refractivity contribution in [2.45, 2.75) is 31.0 Å². The van der Waals surface area contributed by atoms with E-state index in [1.165, 1.54) is 17.8 Å². The molecule has 0 amide bonds. The van der Waals surface area contributed by atoms with E-state index in [-0.39, 0.29) is 10.9 Å². The zero-order valence-electron chi connectivity index (χ0n) is 12.8. The second-order valence-electron chi connectivity index (χ2n) is 5.84. The molecule has 0 spiro atoms. The SMILES string of the molecule is CN(C)c1nc(Cl)nc2c1ncn2[C@@H]1O[C@H](CO)[C@@H](O)[C@@]1(C)F. The Hall–Kier alpha value is -1.55. The van der Waals surface area contributed by atoms with Crippen molar-refractivity contribution in [2.24, 2.45) is 0 Å². The Balaban J connectivity index is 2.14. The fourth-order valence-corrected chi connectivity index (χ4v) is 2.88. The van der Waals surface area contributed by atoms with Gasteiger partial charge in [0.05, 0.1) is 12.9 Å². The van der Waals surface area contributed by atoms with Gasteiger partial charge in [0.25, 0.3) is 0 Å². The van der Waals surface area contributed by atoms with Crippen LogP contribution in [0.15, 0.2) is 6.33 Å². The Kier molecular flexibility index (Phi) is 3.91. The van der Waals surface area contributed by atoms with Crippen molar-refractivity contribution in [3.05, 3.63) is 11.6 Å². The fraction of sp³-hybridized carbons (Fsp3) is 0.615. The van der Waals surface area contributed by atoms with Crippen LogP contribution < -0.4 is 4.90 Å².